The summed E-state index contributed by atoms with van der Waals surface area (Å²) in [7, 11) is 0. The van der Waals surface area contributed by atoms with Gasteiger partial charge in [0.2, 0.25) is 0 Å². The third-order valence-corrected chi connectivity index (χ3v) is 6.79. The van der Waals surface area contributed by atoms with Gasteiger partial charge in [0.15, 0.2) is 0 Å². The van der Waals surface area contributed by atoms with Crippen molar-refractivity contribution in [2.24, 2.45) is 11.8 Å². The number of hydrogen-bond acceptors (Lipinski definition) is 5. The Balaban J connectivity index is 1.31. The average Bonchev–Trinajstić information content (AvgIpc) is 2.59. The lowest BCUT2D eigenvalue weighted by atomic mass is 9.59. The van der Waals surface area contributed by atoms with Crippen LogP contribution in [0.5, 0.6) is 0 Å². The molecular formula is C19H26N4O2. The molecule has 134 valence electrons. The molecule has 4 heterocycles. The largest absolute Gasteiger partial charge is 0.307 e. The highest BCUT2D eigenvalue weighted by Crippen LogP contribution is 2.49. The number of piperidine rings is 2. The van der Waals surface area contributed by atoms with Crippen LogP contribution in [0.3, 0.4) is 0 Å². The second-order valence-corrected chi connectivity index (χ2v) is 8.70. The summed E-state index contributed by atoms with van der Waals surface area (Å²) in [6, 6.07) is 2.62. The van der Waals surface area contributed by atoms with E-state index in [9.17, 15) is 4.79 Å². The van der Waals surface area contributed by atoms with Gasteiger partial charge < -0.3 is 5.32 Å². The molecule has 2 saturated heterocycles. The molecule has 25 heavy (non-hydrogen) atoms. The Kier molecular flexibility index (Phi) is 3.62. The SMILES string of the molecule is O=C(NO)c1cnc2c(c1)CCN(CC13CC4CC(CC(C4)N1)C3)C2. The fourth-order valence-corrected chi connectivity index (χ4v) is 6.15. The van der Waals surface area contributed by atoms with Gasteiger partial charge >= 0.3 is 0 Å². The zero-order chi connectivity index (χ0) is 17.0. The number of rotatable bonds is 3. The molecule has 4 fully saturated rings. The summed E-state index contributed by atoms with van der Waals surface area (Å²) in [5, 5.41) is 12.8. The zero-order valence-corrected chi connectivity index (χ0v) is 14.5. The smallest absolute Gasteiger partial charge is 0.276 e. The van der Waals surface area contributed by atoms with E-state index >= 15 is 0 Å². The number of amides is 1. The number of hydrogen-bond donors (Lipinski definition) is 3. The van der Waals surface area contributed by atoms with Gasteiger partial charge in [0.25, 0.3) is 5.91 Å². The first-order valence-electron chi connectivity index (χ1n) is 9.55. The maximum atomic E-state index is 11.6. The fourth-order valence-electron chi connectivity index (χ4n) is 6.15. The lowest BCUT2D eigenvalue weighted by Gasteiger charge is -2.58. The van der Waals surface area contributed by atoms with E-state index in [1.807, 2.05) is 6.07 Å². The van der Waals surface area contributed by atoms with Crippen LogP contribution in [0.15, 0.2) is 12.3 Å². The number of fused-ring (bicyclic) bond motifs is 1. The predicted molar refractivity (Wildman–Crippen MR) is 92.2 cm³/mol. The Bertz CT molecular complexity index is 669. The van der Waals surface area contributed by atoms with Crippen molar-refractivity contribution in [3.05, 3.63) is 29.1 Å². The van der Waals surface area contributed by atoms with Gasteiger partial charge in [0.05, 0.1) is 11.3 Å². The molecule has 6 rings (SSSR count). The summed E-state index contributed by atoms with van der Waals surface area (Å²) in [4.78, 5) is 18.6. The number of nitrogens with one attached hydrogen (secondary N) is 2. The van der Waals surface area contributed by atoms with Gasteiger partial charge in [-0.15, -0.1) is 0 Å². The lowest BCUT2D eigenvalue weighted by molar-refractivity contribution is -0.0227. The summed E-state index contributed by atoms with van der Waals surface area (Å²) in [6.07, 6.45) is 9.40. The van der Waals surface area contributed by atoms with Crippen molar-refractivity contribution in [2.75, 3.05) is 13.1 Å². The van der Waals surface area contributed by atoms with E-state index in [1.165, 1.54) is 32.1 Å². The molecule has 5 aliphatic rings. The van der Waals surface area contributed by atoms with Crippen LogP contribution >= 0.6 is 0 Å². The molecular weight excluding hydrogens is 316 g/mol. The first-order chi connectivity index (χ1) is 12.1. The Morgan fingerprint density at radius 1 is 1.36 bits per heavy atom. The molecule has 3 aliphatic heterocycles. The first kappa shape index (κ1) is 15.7. The second kappa shape index (κ2) is 5.76. The van der Waals surface area contributed by atoms with Crippen LogP contribution < -0.4 is 10.8 Å². The quantitative estimate of drug-likeness (QED) is 0.573. The van der Waals surface area contributed by atoms with Crippen molar-refractivity contribution in [3.63, 3.8) is 0 Å². The highest BCUT2D eigenvalue weighted by molar-refractivity contribution is 5.93. The van der Waals surface area contributed by atoms with Crippen molar-refractivity contribution in [1.29, 1.82) is 0 Å². The third kappa shape index (κ3) is 2.76. The number of pyridine rings is 1. The minimum atomic E-state index is -0.490. The highest BCUT2D eigenvalue weighted by Gasteiger charge is 2.51. The van der Waals surface area contributed by atoms with Gasteiger partial charge in [-0.05, 0) is 62.0 Å². The van der Waals surface area contributed by atoms with Crippen molar-refractivity contribution >= 4 is 5.91 Å². The number of carbonyl (C=O) groups is 1. The first-order valence-corrected chi connectivity index (χ1v) is 9.55. The summed E-state index contributed by atoms with van der Waals surface area (Å²) in [6.45, 7) is 3.00. The molecule has 2 aliphatic carbocycles. The Labute approximate surface area is 148 Å². The Hall–Kier alpha value is -1.50. The molecule has 1 amide bonds. The van der Waals surface area contributed by atoms with E-state index in [1.54, 1.807) is 11.7 Å². The molecule has 0 radical (unpaired) electrons. The maximum Gasteiger partial charge on any atom is 0.276 e. The van der Waals surface area contributed by atoms with Crippen LogP contribution in [-0.2, 0) is 13.0 Å². The topological polar surface area (TPSA) is 77.5 Å². The number of aromatic nitrogens is 1. The summed E-state index contributed by atoms with van der Waals surface area (Å²) < 4.78 is 0. The van der Waals surface area contributed by atoms with Crippen LogP contribution in [-0.4, -0.2) is 45.7 Å². The molecule has 2 atom stereocenters. The van der Waals surface area contributed by atoms with Gasteiger partial charge in [-0.3, -0.25) is 19.9 Å². The molecule has 4 bridgehead atoms. The van der Waals surface area contributed by atoms with Gasteiger partial charge in [0.1, 0.15) is 0 Å². The van der Waals surface area contributed by atoms with E-state index in [4.69, 9.17) is 5.21 Å². The predicted octanol–water partition coefficient (Wildman–Crippen LogP) is 1.48. The molecule has 1 aromatic rings. The van der Waals surface area contributed by atoms with Gasteiger partial charge in [-0.2, -0.15) is 0 Å². The van der Waals surface area contributed by atoms with Crippen LogP contribution in [0.25, 0.3) is 0 Å². The van der Waals surface area contributed by atoms with E-state index in [2.05, 4.69) is 15.2 Å². The van der Waals surface area contributed by atoms with Crippen LogP contribution in [0, 0.1) is 11.8 Å². The average molecular weight is 342 g/mol. The van der Waals surface area contributed by atoms with E-state index in [-0.39, 0.29) is 0 Å². The van der Waals surface area contributed by atoms with Crippen LogP contribution in [0.4, 0.5) is 0 Å². The molecule has 3 N–H and O–H groups in total. The lowest BCUT2D eigenvalue weighted by Crippen LogP contribution is -2.67. The molecule has 6 nitrogen and oxygen atoms in total. The molecule has 1 aromatic heterocycles. The molecule has 0 spiro atoms. The highest BCUT2D eigenvalue weighted by atomic mass is 16.5. The molecule has 2 unspecified atom stereocenters. The van der Waals surface area contributed by atoms with E-state index in [0.717, 1.165) is 55.2 Å². The van der Waals surface area contributed by atoms with Crippen molar-refractivity contribution < 1.29 is 10.0 Å². The standard InChI is InChI=1S/C19H26N4O2/c24-18(22-25)15-6-14-1-2-23(10-17(14)20-9-15)11-19-7-12-3-13(8-19)5-16(4-12)21-19/h6,9,12-13,16,21,25H,1-5,7-8,10-11H2,(H,22,24). The Morgan fingerprint density at radius 2 is 2.16 bits per heavy atom. The van der Waals surface area contributed by atoms with E-state index < -0.39 is 5.91 Å². The number of carbonyl (C=O) groups excluding carboxylic acids is 1. The minimum Gasteiger partial charge on any atom is -0.307 e. The van der Waals surface area contributed by atoms with Crippen molar-refractivity contribution in [2.45, 2.75) is 56.7 Å². The van der Waals surface area contributed by atoms with Crippen molar-refractivity contribution in [3.8, 4) is 0 Å². The van der Waals surface area contributed by atoms with Crippen LogP contribution in [0.1, 0.15) is 53.7 Å². The summed E-state index contributed by atoms with van der Waals surface area (Å²) in [5.74, 6) is 1.39. The minimum absolute atomic E-state index is 0.322. The molecule has 2 saturated carbocycles. The summed E-state index contributed by atoms with van der Waals surface area (Å²) >= 11 is 0. The third-order valence-electron chi connectivity index (χ3n) is 6.79. The normalized spacial score (nSPS) is 36.3. The number of nitrogens with zero attached hydrogens (tertiary/aromatic N) is 2. The molecule has 0 aromatic carbocycles. The zero-order valence-electron chi connectivity index (χ0n) is 14.5. The second-order valence-electron chi connectivity index (χ2n) is 8.70. The van der Waals surface area contributed by atoms with E-state index in [0.29, 0.717) is 11.1 Å². The van der Waals surface area contributed by atoms with Gasteiger partial charge in [-0.1, -0.05) is 0 Å². The monoisotopic (exact) mass is 342 g/mol. The Morgan fingerprint density at radius 3 is 2.88 bits per heavy atom. The summed E-state index contributed by atoms with van der Waals surface area (Å²) in [5.41, 5.74) is 4.64. The number of hydroxylamine groups is 1. The van der Waals surface area contributed by atoms with Gasteiger partial charge in [-0.25, -0.2) is 5.48 Å². The van der Waals surface area contributed by atoms with Crippen LogP contribution in [0.2, 0.25) is 0 Å². The van der Waals surface area contributed by atoms with Gasteiger partial charge in [0, 0.05) is 37.4 Å². The van der Waals surface area contributed by atoms with Crippen molar-refractivity contribution in [1.82, 2.24) is 20.7 Å². The maximum absolute atomic E-state index is 11.6. The fraction of sp³-hybridized carbons (Fsp3) is 0.684. The molecule has 6 heteroatoms.